The van der Waals surface area contributed by atoms with Gasteiger partial charge < -0.3 is 19.7 Å². The van der Waals surface area contributed by atoms with Gasteiger partial charge in [0.25, 0.3) is 0 Å². The van der Waals surface area contributed by atoms with E-state index in [1.807, 2.05) is 6.92 Å². The lowest BCUT2D eigenvalue weighted by Crippen LogP contribution is -2.26. The number of hydrogen-bond acceptors (Lipinski definition) is 4. The molecule has 2 N–H and O–H groups in total. The lowest BCUT2D eigenvalue weighted by Gasteiger charge is -2.19. The zero-order valence-corrected chi connectivity index (χ0v) is 7.69. The highest BCUT2D eigenvalue weighted by molar-refractivity contribution is 4.54. The molecule has 0 unspecified atom stereocenters. The molecule has 2 atom stereocenters. The minimum atomic E-state index is -0.323. The third kappa shape index (κ3) is 5.49. The van der Waals surface area contributed by atoms with E-state index < -0.39 is 0 Å². The summed E-state index contributed by atoms with van der Waals surface area (Å²) < 4.78 is 10.4. The predicted molar refractivity (Wildman–Crippen MR) is 44.7 cm³/mol. The Bertz CT molecular complexity index is 97.1. The van der Waals surface area contributed by atoms with Crippen LogP contribution in [0.15, 0.2) is 0 Å². The van der Waals surface area contributed by atoms with Gasteiger partial charge in [-0.25, -0.2) is 0 Å². The molecule has 74 valence electrons. The van der Waals surface area contributed by atoms with E-state index in [0.717, 1.165) is 0 Å². The first kappa shape index (κ1) is 11.8. The third-order valence-electron chi connectivity index (χ3n) is 1.44. The summed E-state index contributed by atoms with van der Waals surface area (Å²) in [6.07, 6.45) is -0.205. The van der Waals surface area contributed by atoms with Crippen LogP contribution in [0.4, 0.5) is 0 Å². The topological polar surface area (TPSA) is 58.9 Å². The van der Waals surface area contributed by atoms with Crippen LogP contribution >= 0.6 is 0 Å². The molecule has 0 radical (unpaired) electrons. The van der Waals surface area contributed by atoms with Crippen LogP contribution in [0.2, 0.25) is 0 Å². The molecule has 0 heterocycles. The number of rotatable bonds is 7. The predicted octanol–water partition coefficient (Wildman–Crippen LogP) is 0.129. The first-order valence-electron chi connectivity index (χ1n) is 4.23. The van der Waals surface area contributed by atoms with Crippen molar-refractivity contribution in [2.45, 2.75) is 32.7 Å². The molecule has 0 aliphatic carbocycles. The fraction of sp³-hybridized carbons (Fsp3) is 1.00. The van der Waals surface area contributed by atoms with Crippen LogP contribution < -0.4 is 0 Å². The zero-order chi connectivity index (χ0) is 9.40. The van der Waals surface area contributed by atoms with Crippen LogP contribution in [0.1, 0.15) is 20.3 Å². The summed E-state index contributed by atoms with van der Waals surface area (Å²) in [6, 6.07) is 0. The lowest BCUT2D eigenvalue weighted by atomic mass is 10.3. The highest BCUT2D eigenvalue weighted by atomic mass is 16.7. The molecule has 0 aliphatic rings. The summed E-state index contributed by atoms with van der Waals surface area (Å²) in [5, 5.41) is 17.4. The van der Waals surface area contributed by atoms with Crippen molar-refractivity contribution in [1.29, 1.82) is 0 Å². The van der Waals surface area contributed by atoms with Crippen LogP contribution in [0.5, 0.6) is 0 Å². The monoisotopic (exact) mass is 178 g/mol. The first-order chi connectivity index (χ1) is 5.74. The van der Waals surface area contributed by atoms with Crippen molar-refractivity contribution in [3.8, 4) is 0 Å². The molecule has 0 saturated heterocycles. The lowest BCUT2D eigenvalue weighted by molar-refractivity contribution is -0.168. The second-order valence-electron chi connectivity index (χ2n) is 2.48. The van der Waals surface area contributed by atoms with E-state index in [1.165, 1.54) is 0 Å². The molecule has 12 heavy (non-hydrogen) atoms. The summed E-state index contributed by atoms with van der Waals surface area (Å²) >= 11 is 0. The van der Waals surface area contributed by atoms with Gasteiger partial charge in [0.1, 0.15) is 0 Å². The Labute approximate surface area is 73.1 Å². The van der Waals surface area contributed by atoms with Crippen LogP contribution in [-0.2, 0) is 9.47 Å². The maximum absolute atomic E-state index is 8.78. The molecular formula is C8H18O4. The van der Waals surface area contributed by atoms with Crippen molar-refractivity contribution < 1.29 is 19.7 Å². The van der Waals surface area contributed by atoms with Gasteiger partial charge in [-0.1, -0.05) is 0 Å². The largest absolute Gasteiger partial charge is 0.396 e. The molecule has 0 fully saturated rings. The number of aliphatic hydroxyl groups is 2. The van der Waals surface area contributed by atoms with Gasteiger partial charge in [0.05, 0.1) is 12.7 Å². The Kier molecular flexibility index (Phi) is 7.39. The van der Waals surface area contributed by atoms with Gasteiger partial charge in [-0.15, -0.1) is 0 Å². The Morgan fingerprint density at radius 3 is 2.42 bits per heavy atom. The first-order valence-corrected chi connectivity index (χ1v) is 4.23. The fourth-order valence-electron chi connectivity index (χ4n) is 0.891. The van der Waals surface area contributed by atoms with Gasteiger partial charge >= 0.3 is 0 Å². The highest BCUT2D eigenvalue weighted by Crippen LogP contribution is 2.02. The minimum Gasteiger partial charge on any atom is -0.396 e. The van der Waals surface area contributed by atoms with Gasteiger partial charge in [-0.2, -0.15) is 0 Å². The van der Waals surface area contributed by atoms with Crippen molar-refractivity contribution in [2.75, 3.05) is 19.8 Å². The van der Waals surface area contributed by atoms with Crippen LogP contribution in [0.25, 0.3) is 0 Å². The van der Waals surface area contributed by atoms with E-state index in [0.29, 0.717) is 13.0 Å². The van der Waals surface area contributed by atoms with Crippen LogP contribution in [0, 0.1) is 0 Å². The summed E-state index contributed by atoms with van der Waals surface area (Å²) in [7, 11) is 0. The molecule has 0 aromatic rings. The third-order valence-corrected chi connectivity index (χ3v) is 1.44. The Morgan fingerprint density at radius 1 is 1.33 bits per heavy atom. The second-order valence-corrected chi connectivity index (χ2v) is 2.48. The average Bonchev–Trinajstić information content (AvgIpc) is 2.04. The smallest absolute Gasteiger partial charge is 0.155 e. The van der Waals surface area contributed by atoms with Gasteiger partial charge in [0.15, 0.2) is 6.29 Å². The van der Waals surface area contributed by atoms with Crippen LogP contribution in [-0.4, -0.2) is 42.4 Å². The van der Waals surface area contributed by atoms with Crippen molar-refractivity contribution in [1.82, 2.24) is 0 Å². The summed E-state index contributed by atoms with van der Waals surface area (Å²) in [4.78, 5) is 0. The molecule has 0 amide bonds. The van der Waals surface area contributed by atoms with Gasteiger partial charge in [0, 0.05) is 13.2 Å². The maximum atomic E-state index is 8.78. The van der Waals surface area contributed by atoms with E-state index in [9.17, 15) is 0 Å². The van der Waals surface area contributed by atoms with Gasteiger partial charge in [0.2, 0.25) is 0 Å². The number of ether oxygens (including phenoxy) is 2. The average molecular weight is 178 g/mol. The van der Waals surface area contributed by atoms with Crippen molar-refractivity contribution in [3.63, 3.8) is 0 Å². The SMILES string of the molecule is CCO[C@H](C)O[C@@H](CO)CCO. The van der Waals surface area contributed by atoms with Crippen molar-refractivity contribution in [2.24, 2.45) is 0 Å². The minimum absolute atomic E-state index is 0.0179. The molecule has 0 aromatic heterocycles. The molecule has 0 aromatic carbocycles. The quantitative estimate of drug-likeness (QED) is 0.544. The highest BCUT2D eigenvalue weighted by Gasteiger charge is 2.11. The van der Waals surface area contributed by atoms with Crippen molar-refractivity contribution >= 4 is 0 Å². The Balaban J connectivity index is 3.53. The molecule has 4 nitrogen and oxygen atoms in total. The fourth-order valence-corrected chi connectivity index (χ4v) is 0.891. The molecular weight excluding hydrogens is 160 g/mol. The summed E-state index contributed by atoms with van der Waals surface area (Å²) in [5.41, 5.74) is 0. The van der Waals surface area contributed by atoms with Crippen molar-refractivity contribution in [3.05, 3.63) is 0 Å². The van der Waals surface area contributed by atoms with E-state index >= 15 is 0 Å². The molecule has 0 spiro atoms. The standard InChI is InChI=1S/C8H18O4/c1-3-11-7(2)12-8(6-10)4-5-9/h7-10H,3-6H2,1-2H3/t7-,8+/m0/s1. The van der Waals surface area contributed by atoms with Crippen LogP contribution in [0.3, 0.4) is 0 Å². The molecule has 0 rings (SSSR count). The molecule has 0 bridgehead atoms. The van der Waals surface area contributed by atoms with E-state index in [4.69, 9.17) is 19.7 Å². The molecule has 4 heteroatoms. The number of aliphatic hydroxyl groups excluding tert-OH is 2. The van der Waals surface area contributed by atoms with E-state index in [2.05, 4.69) is 0 Å². The van der Waals surface area contributed by atoms with E-state index in [-0.39, 0.29) is 25.6 Å². The Morgan fingerprint density at radius 2 is 2.00 bits per heavy atom. The number of hydrogen-bond donors (Lipinski definition) is 2. The molecule has 0 aliphatic heterocycles. The summed E-state index contributed by atoms with van der Waals surface area (Å²) in [5.74, 6) is 0. The van der Waals surface area contributed by atoms with E-state index in [1.54, 1.807) is 6.92 Å². The molecule has 0 saturated carbocycles. The van der Waals surface area contributed by atoms with Gasteiger partial charge in [-0.3, -0.25) is 0 Å². The second kappa shape index (κ2) is 7.49. The Hall–Kier alpha value is -0.160. The zero-order valence-electron chi connectivity index (χ0n) is 7.69. The summed E-state index contributed by atoms with van der Waals surface area (Å²) in [6.45, 7) is 4.16. The maximum Gasteiger partial charge on any atom is 0.155 e. The van der Waals surface area contributed by atoms with Gasteiger partial charge in [-0.05, 0) is 20.3 Å². The normalized spacial score (nSPS) is 16.0.